The molecule has 3 N–H and O–H groups in total. The van der Waals surface area contributed by atoms with Gasteiger partial charge in [-0.25, -0.2) is 0 Å². The molecule has 8 rings (SSSR count). The molecule has 0 radical (unpaired) electrons. The highest BCUT2D eigenvalue weighted by Gasteiger charge is 2.72. The highest BCUT2D eigenvalue weighted by atomic mass is 32.2. The van der Waals surface area contributed by atoms with Crippen molar-refractivity contribution in [2.45, 2.75) is 177 Å². The van der Waals surface area contributed by atoms with Crippen molar-refractivity contribution in [3.05, 3.63) is 0 Å². The Kier molecular flexibility index (Phi) is 12.4. The monoisotopic (exact) mass is 821 g/mol. The highest BCUT2D eigenvalue weighted by molar-refractivity contribution is 7.86. The van der Waals surface area contributed by atoms with E-state index in [9.17, 15) is 33.3 Å². The van der Waals surface area contributed by atoms with E-state index in [1.165, 1.54) is 51.4 Å². The Hall–Kier alpha value is -0.870. The minimum atomic E-state index is -3.65. The second kappa shape index (κ2) is 15.5. The predicted molar refractivity (Wildman–Crippen MR) is 228 cm³/mol. The van der Waals surface area contributed by atoms with E-state index in [1.807, 2.05) is 0 Å². The average Bonchev–Trinajstić information content (AvgIpc) is 3.59. The molecule has 8 nitrogen and oxygen atoms in total. The molecule has 0 aromatic heterocycles. The fraction of sp³-hybridized carbons (Fsp3) is 0.958. The number of rotatable bonds is 6. The number of aliphatic hydroxyl groups is 3. The first-order valence-electron chi connectivity index (χ1n) is 23.0. The molecule has 4 unspecified atom stereocenters. The van der Waals surface area contributed by atoms with Crippen LogP contribution in [-0.2, 0) is 23.9 Å². The number of hydrogen-bond acceptors (Lipinski definition) is 8. The third-order valence-corrected chi connectivity index (χ3v) is 21.2. The molecule has 8 fully saturated rings. The lowest BCUT2D eigenvalue weighted by Gasteiger charge is -2.65. The third kappa shape index (κ3) is 6.81. The smallest absolute Gasteiger partial charge is 0.264 e. The lowest BCUT2D eigenvalue weighted by molar-refractivity contribution is -0.227. The van der Waals surface area contributed by atoms with Gasteiger partial charge >= 0.3 is 0 Å². The van der Waals surface area contributed by atoms with E-state index in [4.69, 9.17) is 4.18 Å². The Morgan fingerprint density at radius 1 is 0.614 bits per heavy atom. The Bertz CT molecular complexity index is 1640. The molecular formula is C48H84O8S. The van der Waals surface area contributed by atoms with Gasteiger partial charge in [-0.05, 0) is 160 Å². The molecule has 0 amide bonds. The topological polar surface area (TPSA) is 138 Å². The van der Waals surface area contributed by atoms with Crippen molar-refractivity contribution in [1.29, 1.82) is 0 Å². The number of carbonyl (C=O) groups excluding carboxylic acids is 2. The van der Waals surface area contributed by atoms with Crippen LogP contribution in [-0.4, -0.2) is 66.0 Å². The van der Waals surface area contributed by atoms with Gasteiger partial charge in [-0.3, -0.25) is 13.8 Å². The maximum atomic E-state index is 13.0. The van der Waals surface area contributed by atoms with Gasteiger partial charge in [-0.15, -0.1) is 0 Å². The van der Waals surface area contributed by atoms with Crippen LogP contribution in [0.5, 0.6) is 0 Å². The second-order valence-electron chi connectivity index (χ2n) is 22.7. The van der Waals surface area contributed by atoms with Crippen LogP contribution in [0.3, 0.4) is 0 Å². The van der Waals surface area contributed by atoms with Crippen LogP contribution in [0.1, 0.15) is 167 Å². The molecule has 57 heavy (non-hydrogen) atoms. The van der Waals surface area contributed by atoms with E-state index in [-0.39, 0.29) is 56.1 Å². The lowest BCUT2D eigenvalue weighted by Crippen LogP contribution is -2.65. The summed E-state index contributed by atoms with van der Waals surface area (Å²) in [6, 6.07) is 0. The largest absolute Gasteiger partial charge is 0.389 e. The standard InChI is InChI=1S/C24H40O5S.C23H38O3.CH4.H2/c1-15-8-10-22(3)17(12-15)6-7-18-20(22)13-16(2)23(4)19(9-11-24(18,23)26)21(25)14-29-30(5,27)28;1-14-7-9-21(3)16(11-14)5-6-17-19(21)12-15(2)22(4)18(20(25)13-24)8-10-23(17,22)26;;/h15-20,26H,6-14H2,1-5H3;14-19,24,26H,5-13H2,1-4H3;1H4;1H/t15-,16+,17+,18?,19+,20?,22-,23+,24-;14-,15+,16+,17?,18+,19?,21-,22+,23-;;/m00../s1. The molecule has 0 saturated heterocycles. The third-order valence-electron chi connectivity index (χ3n) is 20.7. The average molecular weight is 821 g/mol. The van der Waals surface area contributed by atoms with Crippen LogP contribution < -0.4 is 0 Å². The van der Waals surface area contributed by atoms with E-state index in [0.717, 1.165) is 68.5 Å². The molecule has 0 spiro atoms. The number of fused-ring (bicyclic) bond motifs is 10. The summed E-state index contributed by atoms with van der Waals surface area (Å²) >= 11 is 0. The quantitative estimate of drug-likeness (QED) is 0.226. The van der Waals surface area contributed by atoms with Crippen LogP contribution in [0.2, 0.25) is 0 Å². The zero-order valence-electron chi connectivity index (χ0n) is 36.4. The number of carbonyl (C=O) groups is 2. The number of hydrogen-bond donors (Lipinski definition) is 3. The lowest BCUT2D eigenvalue weighted by atomic mass is 9.41. The summed E-state index contributed by atoms with van der Waals surface area (Å²) in [5.74, 6) is 4.68. The summed E-state index contributed by atoms with van der Waals surface area (Å²) in [4.78, 5) is 25.5. The minimum absolute atomic E-state index is 0. The first-order chi connectivity index (χ1) is 26.0. The number of Topliss-reactive ketones (excluding diaryl/α,β-unsaturated/α-hetero) is 2. The SMILES string of the molecule is C.C[C@H]1CC[C@]2(C)C3C[C@@H](C)[C@]4(C)[C@@H](C(=O)CO)CC[C@]4(O)C3CC[C@@H]2C1.C[C@H]1CC[C@]2(C)C3C[C@@H](C)[C@]4(C)[C@@H](C(=O)COS(C)(=O)=O)CC[C@]4(O)C3CC[C@@H]2C1.[HH]. The van der Waals surface area contributed by atoms with Crippen molar-refractivity contribution < 1.29 is 38.9 Å². The minimum Gasteiger partial charge on any atom is -0.389 e. The summed E-state index contributed by atoms with van der Waals surface area (Å²) in [5.41, 5.74) is -1.82. The van der Waals surface area contributed by atoms with E-state index >= 15 is 0 Å². The first kappa shape index (κ1) is 45.7. The predicted octanol–water partition coefficient (Wildman–Crippen LogP) is 9.27. The van der Waals surface area contributed by atoms with Crippen molar-refractivity contribution in [1.82, 2.24) is 0 Å². The molecule has 0 heterocycles. The van der Waals surface area contributed by atoms with E-state index in [0.29, 0.717) is 47.3 Å². The van der Waals surface area contributed by atoms with Gasteiger partial charge in [0.05, 0.1) is 17.5 Å². The Morgan fingerprint density at radius 2 is 1.02 bits per heavy atom. The van der Waals surface area contributed by atoms with Gasteiger partial charge in [-0.1, -0.05) is 75.7 Å². The van der Waals surface area contributed by atoms with Gasteiger partial charge in [0.2, 0.25) is 0 Å². The fourth-order valence-corrected chi connectivity index (χ4v) is 17.4. The Balaban J connectivity index is 0.000000215. The summed E-state index contributed by atoms with van der Waals surface area (Å²) in [7, 11) is -3.65. The second-order valence-corrected chi connectivity index (χ2v) is 24.3. The van der Waals surface area contributed by atoms with Crippen molar-refractivity contribution >= 4 is 21.7 Å². The normalized spacial score (nSPS) is 52.6. The Morgan fingerprint density at radius 3 is 1.40 bits per heavy atom. The van der Waals surface area contributed by atoms with E-state index in [1.54, 1.807) is 0 Å². The van der Waals surface area contributed by atoms with Crippen LogP contribution in [0.25, 0.3) is 0 Å². The molecule has 330 valence electrons. The molecular weight excluding hydrogens is 737 g/mol. The molecule has 0 aliphatic heterocycles. The van der Waals surface area contributed by atoms with Crippen LogP contribution >= 0.6 is 0 Å². The van der Waals surface area contributed by atoms with Crippen LogP contribution in [0, 0.1) is 92.7 Å². The van der Waals surface area contributed by atoms with Crippen molar-refractivity contribution in [2.75, 3.05) is 19.5 Å². The van der Waals surface area contributed by atoms with Crippen LogP contribution in [0.15, 0.2) is 0 Å². The van der Waals surface area contributed by atoms with Crippen molar-refractivity contribution in [2.24, 2.45) is 92.7 Å². The molecule has 0 aromatic carbocycles. The Labute approximate surface area is 348 Å². The summed E-state index contributed by atoms with van der Waals surface area (Å²) in [6.45, 7) is 17.7. The van der Waals surface area contributed by atoms with Gasteiger partial charge < -0.3 is 15.3 Å². The summed E-state index contributed by atoms with van der Waals surface area (Å²) in [6.07, 6.45) is 18.4. The van der Waals surface area contributed by atoms with E-state index < -0.39 is 33.3 Å². The fourth-order valence-electron chi connectivity index (χ4n) is 17.0. The van der Waals surface area contributed by atoms with Gasteiger partial charge in [-0.2, -0.15) is 8.42 Å². The molecule has 8 aliphatic rings. The molecule has 8 aliphatic carbocycles. The first-order valence-corrected chi connectivity index (χ1v) is 24.8. The van der Waals surface area contributed by atoms with Gasteiger partial charge in [0.25, 0.3) is 10.1 Å². The summed E-state index contributed by atoms with van der Waals surface area (Å²) in [5, 5.41) is 33.8. The van der Waals surface area contributed by atoms with Crippen LogP contribution in [0.4, 0.5) is 0 Å². The zero-order chi connectivity index (χ0) is 41.0. The number of ketones is 2. The molecule has 18 atom stereocenters. The zero-order valence-corrected chi connectivity index (χ0v) is 37.3. The molecule has 0 bridgehead atoms. The maximum absolute atomic E-state index is 13.0. The molecule has 0 aromatic rings. The van der Waals surface area contributed by atoms with Gasteiger partial charge in [0.15, 0.2) is 11.6 Å². The maximum Gasteiger partial charge on any atom is 0.264 e. The number of aliphatic hydroxyl groups excluding tert-OH is 1. The van der Waals surface area contributed by atoms with Crippen molar-refractivity contribution in [3.63, 3.8) is 0 Å². The van der Waals surface area contributed by atoms with Gasteiger partial charge in [0.1, 0.15) is 13.2 Å². The van der Waals surface area contributed by atoms with E-state index in [2.05, 4.69) is 55.4 Å². The molecule has 9 heteroatoms. The summed E-state index contributed by atoms with van der Waals surface area (Å²) < 4.78 is 27.6. The molecule has 8 saturated carbocycles. The van der Waals surface area contributed by atoms with Crippen molar-refractivity contribution in [3.8, 4) is 0 Å². The highest BCUT2D eigenvalue weighted by Crippen LogP contribution is 2.72. The van der Waals surface area contributed by atoms with Gasteiger partial charge in [0, 0.05) is 24.1 Å².